The molecule has 0 bridgehead atoms. The fourth-order valence-electron chi connectivity index (χ4n) is 3.20. The summed E-state index contributed by atoms with van der Waals surface area (Å²) in [5.74, 6) is -0.641. The molecule has 0 atom stereocenters. The van der Waals surface area contributed by atoms with Crippen molar-refractivity contribution in [3.63, 3.8) is 0 Å². The van der Waals surface area contributed by atoms with Crippen molar-refractivity contribution >= 4 is 28.4 Å². The van der Waals surface area contributed by atoms with Gasteiger partial charge in [0.05, 0.1) is 11.2 Å². The van der Waals surface area contributed by atoms with Crippen molar-refractivity contribution in [1.29, 1.82) is 0 Å². The quantitative estimate of drug-likeness (QED) is 0.515. The molecule has 4 aromatic rings. The Kier molecular flexibility index (Phi) is 5.63. The minimum atomic E-state index is -0.366. The van der Waals surface area contributed by atoms with Crippen molar-refractivity contribution in [2.45, 2.75) is 13.1 Å². The van der Waals surface area contributed by atoms with Gasteiger partial charge in [0.1, 0.15) is 12.4 Å². The second-order valence-electron chi connectivity index (χ2n) is 6.78. The Balaban J connectivity index is 1.40. The molecular formula is C22H18ClFN4O2. The first-order valence-electron chi connectivity index (χ1n) is 9.35. The van der Waals surface area contributed by atoms with Crippen LogP contribution in [-0.4, -0.2) is 26.8 Å². The number of amides is 1. The smallest absolute Gasteiger partial charge is 0.267 e. The van der Waals surface area contributed by atoms with Gasteiger partial charge in [0.25, 0.3) is 5.56 Å². The molecule has 0 aliphatic heterocycles. The zero-order valence-corrected chi connectivity index (χ0v) is 16.6. The number of fused-ring (bicyclic) bond motifs is 1. The van der Waals surface area contributed by atoms with Crippen LogP contribution in [0.5, 0.6) is 0 Å². The zero-order chi connectivity index (χ0) is 21.1. The average molecular weight is 425 g/mol. The SMILES string of the molecule is O=C(Cn1nc(-c2ccc(Cl)cc2)ccc1=O)NCCn1ccc2ccc(F)cc21. The molecule has 1 N–H and O–H groups in total. The lowest BCUT2D eigenvalue weighted by Gasteiger charge is -2.10. The van der Waals surface area contributed by atoms with Gasteiger partial charge in [0.2, 0.25) is 5.91 Å². The summed E-state index contributed by atoms with van der Waals surface area (Å²) in [7, 11) is 0. The number of carbonyl (C=O) groups excluding carboxylic acids is 1. The Morgan fingerprint density at radius 3 is 2.67 bits per heavy atom. The molecule has 0 aliphatic carbocycles. The van der Waals surface area contributed by atoms with Gasteiger partial charge in [0, 0.05) is 35.9 Å². The summed E-state index contributed by atoms with van der Waals surface area (Å²) in [6.45, 7) is 0.623. The van der Waals surface area contributed by atoms with Crippen molar-refractivity contribution in [3.8, 4) is 11.3 Å². The summed E-state index contributed by atoms with van der Waals surface area (Å²) in [6.07, 6.45) is 1.85. The minimum Gasteiger partial charge on any atom is -0.353 e. The van der Waals surface area contributed by atoms with Crippen LogP contribution >= 0.6 is 11.6 Å². The topological polar surface area (TPSA) is 68.9 Å². The molecule has 2 aromatic carbocycles. The summed E-state index contributed by atoms with van der Waals surface area (Å²) in [5.41, 5.74) is 1.76. The van der Waals surface area contributed by atoms with Gasteiger partial charge in [-0.1, -0.05) is 23.7 Å². The number of nitrogens with one attached hydrogen (secondary N) is 1. The van der Waals surface area contributed by atoms with E-state index in [-0.39, 0.29) is 23.8 Å². The molecule has 1 amide bonds. The molecule has 0 spiro atoms. The number of rotatable bonds is 6. The number of benzene rings is 2. The Hall–Kier alpha value is -3.45. The maximum atomic E-state index is 13.5. The predicted octanol–water partition coefficient (Wildman–Crippen LogP) is 3.47. The monoisotopic (exact) mass is 424 g/mol. The number of carbonyl (C=O) groups is 1. The molecule has 152 valence electrons. The van der Waals surface area contributed by atoms with E-state index < -0.39 is 0 Å². The van der Waals surface area contributed by atoms with E-state index in [1.807, 2.05) is 16.8 Å². The minimum absolute atomic E-state index is 0.193. The Bertz CT molecular complexity index is 1260. The molecule has 0 saturated carbocycles. The third kappa shape index (κ3) is 4.41. The number of halogens is 2. The Labute approximate surface area is 176 Å². The summed E-state index contributed by atoms with van der Waals surface area (Å²) in [6, 6.07) is 16.5. The van der Waals surface area contributed by atoms with Crippen LogP contribution in [0.25, 0.3) is 22.2 Å². The molecule has 0 fully saturated rings. The van der Waals surface area contributed by atoms with Crippen LogP contribution in [0, 0.1) is 5.82 Å². The third-order valence-electron chi connectivity index (χ3n) is 4.71. The largest absolute Gasteiger partial charge is 0.353 e. The maximum Gasteiger partial charge on any atom is 0.267 e. The van der Waals surface area contributed by atoms with Gasteiger partial charge in [-0.2, -0.15) is 5.10 Å². The second kappa shape index (κ2) is 8.51. The summed E-state index contributed by atoms with van der Waals surface area (Å²) in [4.78, 5) is 24.4. The molecule has 0 unspecified atom stereocenters. The van der Waals surface area contributed by atoms with E-state index in [2.05, 4.69) is 10.4 Å². The van der Waals surface area contributed by atoms with E-state index in [9.17, 15) is 14.0 Å². The van der Waals surface area contributed by atoms with Crippen LogP contribution in [0.3, 0.4) is 0 Å². The summed E-state index contributed by atoms with van der Waals surface area (Å²) >= 11 is 5.90. The van der Waals surface area contributed by atoms with E-state index in [0.717, 1.165) is 21.1 Å². The number of hydrogen-bond donors (Lipinski definition) is 1. The maximum absolute atomic E-state index is 13.5. The first-order valence-corrected chi connectivity index (χ1v) is 9.72. The van der Waals surface area contributed by atoms with Crippen molar-refractivity contribution in [1.82, 2.24) is 19.7 Å². The highest BCUT2D eigenvalue weighted by Gasteiger charge is 2.09. The number of nitrogens with zero attached hydrogens (tertiary/aromatic N) is 3. The molecular weight excluding hydrogens is 407 g/mol. The summed E-state index contributed by atoms with van der Waals surface area (Å²) < 4.78 is 16.5. The first-order chi connectivity index (χ1) is 14.5. The Morgan fingerprint density at radius 2 is 1.87 bits per heavy atom. The normalized spacial score (nSPS) is 11.0. The van der Waals surface area contributed by atoms with Crippen molar-refractivity contribution in [2.24, 2.45) is 0 Å². The summed E-state index contributed by atoms with van der Waals surface area (Å²) in [5, 5.41) is 8.58. The lowest BCUT2D eigenvalue weighted by Crippen LogP contribution is -2.35. The highest BCUT2D eigenvalue weighted by atomic mass is 35.5. The highest BCUT2D eigenvalue weighted by molar-refractivity contribution is 6.30. The first kappa shape index (κ1) is 19.8. The van der Waals surface area contributed by atoms with Crippen LogP contribution in [0.4, 0.5) is 4.39 Å². The molecule has 30 heavy (non-hydrogen) atoms. The number of hydrogen-bond acceptors (Lipinski definition) is 3. The van der Waals surface area contributed by atoms with Gasteiger partial charge in [-0.05, 0) is 47.9 Å². The Morgan fingerprint density at radius 1 is 1.07 bits per heavy atom. The van der Waals surface area contributed by atoms with Crippen LogP contribution in [0.15, 0.2) is 71.7 Å². The van der Waals surface area contributed by atoms with Crippen molar-refractivity contribution < 1.29 is 9.18 Å². The average Bonchev–Trinajstić information content (AvgIpc) is 3.12. The molecule has 2 heterocycles. The van der Waals surface area contributed by atoms with Gasteiger partial charge < -0.3 is 9.88 Å². The molecule has 0 saturated heterocycles. The van der Waals surface area contributed by atoms with Gasteiger partial charge in [-0.3, -0.25) is 9.59 Å². The standard InChI is InChI=1S/C22H18ClFN4O2/c23-17-4-1-15(2-5-17)19-7-8-22(30)28(26-19)14-21(29)25-10-12-27-11-9-16-3-6-18(24)13-20(16)27/h1-9,11,13H,10,12,14H2,(H,25,29). The van der Waals surface area contributed by atoms with Crippen LogP contribution in [-0.2, 0) is 17.9 Å². The van der Waals surface area contributed by atoms with Gasteiger partial charge >= 0.3 is 0 Å². The van der Waals surface area contributed by atoms with E-state index in [1.165, 1.54) is 18.2 Å². The van der Waals surface area contributed by atoms with Gasteiger partial charge in [0.15, 0.2) is 0 Å². The van der Waals surface area contributed by atoms with E-state index in [4.69, 9.17) is 11.6 Å². The zero-order valence-electron chi connectivity index (χ0n) is 15.9. The molecule has 0 radical (unpaired) electrons. The molecule has 6 nitrogen and oxygen atoms in total. The van der Waals surface area contributed by atoms with Gasteiger partial charge in [-0.15, -0.1) is 0 Å². The van der Waals surface area contributed by atoms with Crippen molar-refractivity contribution in [2.75, 3.05) is 6.54 Å². The lowest BCUT2D eigenvalue weighted by atomic mass is 10.1. The van der Waals surface area contributed by atoms with E-state index in [1.54, 1.807) is 36.4 Å². The number of aromatic nitrogens is 3. The fraction of sp³-hybridized carbons (Fsp3) is 0.136. The van der Waals surface area contributed by atoms with Crippen LogP contribution in [0.1, 0.15) is 0 Å². The van der Waals surface area contributed by atoms with Crippen molar-refractivity contribution in [3.05, 3.63) is 88.1 Å². The van der Waals surface area contributed by atoms with Crippen LogP contribution in [0.2, 0.25) is 5.02 Å². The second-order valence-corrected chi connectivity index (χ2v) is 7.22. The highest BCUT2D eigenvalue weighted by Crippen LogP contribution is 2.18. The van der Waals surface area contributed by atoms with E-state index in [0.29, 0.717) is 23.8 Å². The van der Waals surface area contributed by atoms with E-state index >= 15 is 0 Å². The molecule has 0 aliphatic rings. The van der Waals surface area contributed by atoms with Gasteiger partial charge in [-0.25, -0.2) is 9.07 Å². The van der Waals surface area contributed by atoms with Crippen LogP contribution < -0.4 is 10.9 Å². The third-order valence-corrected chi connectivity index (χ3v) is 4.96. The molecule has 2 aromatic heterocycles. The lowest BCUT2D eigenvalue weighted by molar-refractivity contribution is -0.121. The predicted molar refractivity (Wildman–Crippen MR) is 114 cm³/mol. The molecule has 8 heteroatoms. The molecule has 4 rings (SSSR count). The fourth-order valence-corrected chi connectivity index (χ4v) is 3.32.